The highest BCUT2D eigenvalue weighted by Crippen LogP contribution is 2.08. The number of carbonyl (C=O) groups excluding carboxylic acids is 4. The SMILES string of the molecule is CCCN1CC(=O)NC(C(=O)NCC(=O)NCCc2ccccc2)CCC(N)=NCCCCC(NC)C1=O. The largest absolute Gasteiger partial charge is 0.387 e. The minimum Gasteiger partial charge on any atom is -0.387 e. The third-order valence-corrected chi connectivity index (χ3v) is 6.34. The molecule has 6 N–H and O–H groups in total. The Balaban J connectivity index is 2.00. The minimum atomic E-state index is -0.919. The van der Waals surface area contributed by atoms with Crippen LogP contribution in [0.3, 0.4) is 0 Å². The van der Waals surface area contributed by atoms with E-state index < -0.39 is 23.9 Å². The van der Waals surface area contributed by atoms with E-state index in [0.717, 1.165) is 18.4 Å². The number of aliphatic imine (C=N–C) groups is 1. The molecule has 0 radical (unpaired) electrons. The van der Waals surface area contributed by atoms with Gasteiger partial charge < -0.3 is 31.9 Å². The number of benzene rings is 1. The van der Waals surface area contributed by atoms with E-state index in [4.69, 9.17) is 5.73 Å². The quantitative estimate of drug-likeness (QED) is 0.305. The number of nitrogens with one attached hydrogen (secondary N) is 4. The van der Waals surface area contributed by atoms with Crippen LogP contribution < -0.4 is 27.0 Å². The van der Waals surface area contributed by atoms with Crippen LogP contribution in [0.15, 0.2) is 35.3 Å². The van der Waals surface area contributed by atoms with E-state index in [1.807, 2.05) is 37.3 Å². The highest BCUT2D eigenvalue weighted by molar-refractivity contribution is 5.93. The number of nitrogens with zero attached hydrogens (tertiary/aromatic N) is 2. The van der Waals surface area contributed by atoms with Crippen LogP contribution in [0.1, 0.15) is 51.0 Å². The van der Waals surface area contributed by atoms with Crippen molar-refractivity contribution in [3.63, 3.8) is 0 Å². The van der Waals surface area contributed by atoms with Gasteiger partial charge in [0.1, 0.15) is 6.04 Å². The first-order valence-electron chi connectivity index (χ1n) is 13.5. The first kappa shape index (κ1) is 30.8. The third kappa shape index (κ3) is 11.3. The summed E-state index contributed by atoms with van der Waals surface area (Å²) in [7, 11) is 1.73. The summed E-state index contributed by atoms with van der Waals surface area (Å²) in [5, 5.41) is 11.2. The Hall–Kier alpha value is -3.47. The van der Waals surface area contributed by atoms with Crippen LogP contribution in [0.25, 0.3) is 0 Å². The van der Waals surface area contributed by atoms with Gasteiger partial charge in [0.15, 0.2) is 0 Å². The zero-order valence-electron chi connectivity index (χ0n) is 22.6. The molecule has 0 aromatic heterocycles. The summed E-state index contributed by atoms with van der Waals surface area (Å²) in [6, 6.07) is 8.45. The Morgan fingerprint density at radius 2 is 1.89 bits per heavy atom. The lowest BCUT2D eigenvalue weighted by Crippen LogP contribution is -2.53. The first-order valence-corrected chi connectivity index (χ1v) is 13.5. The lowest BCUT2D eigenvalue weighted by atomic mass is 10.1. The van der Waals surface area contributed by atoms with Crippen LogP contribution in [0, 0.1) is 0 Å². The van der Waals surface area contributed by atoms with Gasteiger partial charge in [-0.3, -0.25) is 24.2 Å². The predicted molar refractivity (Wildman–Crippen MR) is 147 cm³/mol. The topological polar surface area (TPSA) is 158 Å². The molecule has 38 heavy (non-hydrogen) atoms. The Kier molecular flexibility index (Phi) is 13.9. The molecule has 0 saturated carbocycles. The molecule has 11 heteroatoms. The average Bonchev–Trinajstić information content (AvgIpc) is 2.91. The van der Waals surface area contributed by atoms with Crippen molar-refractivity contribution in [1.82, 2.24) is 26.2 Å². The number of carbonyl (C=O) groups is 4. The van der Waals surface area contributed by atoms with E-state index >= 15 is 0 Å². The van der Waals surface area contributed by atoms with Gasteiger partial charge in [0.2, 0.25) is 23.6 Å². The number of amidine groups is 1. The van der Waals surface area contributed by atoms with Gasteiger partial charge in [-0.05, 0) is 51.1 Å². The smallest absolute Gasteiger partial charge is 0.243 e. The Bertz CT molecular complexity index is 939. The third-order valence-electron chi connectivity index (χ3n) is 6.34. The van der Waals surface area contributed by atoms with Gasteiger partial charge in [-0.25, -0.2) is 0 Å². The number of hydrogen-bond acceptors (Lipinski definition) is 7. The molecule has 0 bridgehead atoms. The fourth-order valence-corrected chi connectivity index (χ4v) is 4.23. The lowest BCUT2D eigenvalue weighted by molar-refractivity contribution is -0.138. The van der Waals surface area contributed by atoms with Crippen LogP contribution in [0.5, 0.6) is 0 Å². The van der Waals surface area contributed by atoms with Crippen molar-refractivity contribution in [1.29, 1.82) is 0 Å². The second-order valence-corrected chi connectivity index (χ2v) is 9.43. The second kappa shape index (κ2) is 17.1. The lowest BCUT2D eigenvalue weighted by Gasteiger charge is -2.27. The minimum absolute atomic E-state index is 0.143. The molecule has 11 nitrogen and oxygen atoms in total. The molecule has 1 aromatic carbocycles. The van der Waals surface area contributed by atoms with Crippen molar-refractivity contribution in [2.45, 2.75) is 64.0 Å². The Labute approximate surface area is 225 Å². The van der Waals surface area contributed by atoms with Crippen LogP contribution >= 0.6 is 0 Å². The van der Waals surface area contributed by atoms with Gasteiger partial charge in [0, 0.05) is 26.1 Å². The molecule has 0 spiro atoms. The standard InChI is InChI=1S/C27H43N7O4/c1-3-17-34-19-25(36)33-21(12-13-23(28)30-15-8-7-11-22(29-2)27(34)38)26(37)32-18-24(35)31-16-14-20-9-5-4-6-10-20/h4-6,9-10,21-22,29H,3,7-8,11-19H2,1-2H3,(H2,28,30)(H,31,35)(H,32,37)(H,33,36). The Morgan fingerprint density at radius 3 is 2.61 bits per heavy atom. The summed E-state index contributed by atoms with van der Waals surface area (Å²) in [5.74, 6) is -0.999. The van der Waals surface area contributed by atoms with Crippen molar-refractivity contribution in [3.8, 4) is 0 Å². The summed E-state index contributed by atoms with van der Waals surface area (Å²) >= 11 is 0. The first-order chi connectivity index (χ1) is 18.3. The molecule has 1 aromatic rings. The molecule has 4 amide bonds. The molecule has 1 heterocycles. The fourth-order valence-electron chi connectivity index (χ4n) is 4.23. The average molecular weight is 530 g/mol. The second-order valence-electron chi connectivity index (χ2n) is 9.43. The van der Waals surface area contributed by atoms with Crippen LogP contribution in [0.2, 0.25) is 0 Å². The van der Waals surface area contributed by atoms with E-state index in [0.29, 0.717) is 51.2 Å². The van der Waals surface area contributed by atoms with Crippen LogP contribution in [-0.4, -0.2) is 86.2 Å². The highest BCUT2D eigenvalue weighted by Gasteiger charge is 2.27. The molecule has 210 valence electrons. The van der Waals surface area contributed by atoms with E-state index in [-0.39, 0.29) is 31.3 Å². The summed E-state index contributed by atoms with van der Waals surface area (Å²) in [6.45, 7) is 2.98. The maximum atomic E-state index is 13.1. The predicted octanol–water partition coefficient (Wildman–Crippen LogP) is 0.0942. The van der Waals surface area contributed by atoms with Crippen molar-refractivity contribution in [2.75, 3.05) is 39.8 Å². The summed E-state index contributed by atoms with van der Waals surface area (Å²) in [6.07, 6.45) is 4.12. The molecule has 2 rings (SSSR count). The number of likely N-dealkylation sites (N-methyl/N-ethyl adjacent to an activating group) is 1. The van der Waals surface area contributed by atoms with Crippen molar-refractivity contribution < 1.29 is 19.2 Å². The van der Waals surface area contributed by atoms with Gasteiger partial charge in [-0.2, -0.15) is 0 Å². The zero-order chi connectivity index (χ0) is 27.8. The van der Waals surface area contributed by atoms with E-state index in [1.54, 1.807) is 7.05 Å². The van der Waals surface area contributed by atoms with Crippen LogP contribution in [-0.2, 0) is 25.6 Å². The monoisotopic (exact) mass is 529 g/mol. The maximum Gasteiger partial charge on any atom is 0.243 e. The highest BCUT2D eigenvalue weighted by atomic mass is 16.2. The summed E-state index contributed by atoms with van der Waals surface area (Å²) in [4.78, 5) is 57.1. The molecule has 2 atom stereocenters. The van der Waals surface area contributed by atoms with Crippen molar-refractivity contribution in [3.05, 3.63) is 35.9 Å². The summed E-state index contributed by atoms with van der Waals surface area (Å²) < 4.78 is 0. The van der Waals surface area contributed by atoms with Gasteiger partial charge >= 0.3 is 0 Å². The van der Waals surface area contributed by atoms with Crippen LogP contribution in [0.4, 0.5) is 0 Å². The molecule has 0 fully saturated rings. The molecule has 1 aliphatic rings. The number of amides is 4. The van der Waals surface area contributed by atoms with Gasteiger partial charge in [0.05, 0.1) is 25.0 Å². The van der Waals surface area contributed by atoms with Crippen molar-refractivity contribution >= 4 is 29.5 Å². The van der Waals surface area contributed by atoms with Gasteiger partial charge in [0.25, 0.3) is 0 Å². The van der Waals surface area contributed by atoms with Gasteiger partial charge in [-0.1, -0.05) is 37.3 Å². The molecule has 1 aliphatic heterocycles. The van der Waals surface area contributed by atoms with Gasteiger partial charge in [-0.15, -0.1) is 0 Å². The Morgan fingerprint density at radius 1 is 1.13 bits per heavy atom. The zero-order valence-corrected chi connectivity index (χ0v) is 22.6. The number of rotatable bonds is 9. The maximum absolute atomic E-state index is 13.1. The van der Waals surface area contributed by atoms with Crippen molar-refractivity contribution in [2.24, 2.45) is 10.7 Å². The molecule has 2 unspecified atom stereocenters. The fraction of sp³-hybridized carbons (Fsp3) is 0.593. The van der Waals surface area contributed by atoms with E-state index in [2.05, 4.69) is 26.3 Å². The molecular weight excluding hydrogens is 486 g/mol. The van der Waals surface area contributed by atoms with E-state index in [9.17, 15) is 19.2 Å². The summed E-state index contributed by atoms with van der Waals surface area (Å²) in [5.41, 5.74) is 7.14. The molecular formula is C27H43N7O4. The van der Waals surface area contributed by atoms with E-state index in [1.165, 1.54) is 4.90 Å². The molecule has 0 saturated heterocycles. The number of nitrogens with two attached hydrogens (primary N) is 1. The normalized spacial score (nSPS) is 19.9. The molecule has 0 aliphatic carbocycles. The number of hydrogen-bond donors (Lipinski definition) is 5.